The third-order valence-corrected chi connectivity index (χ3v) is 5.57. The predicted octanol–water partition coefficient (Wildman–Crippen LogP) is 4.31. The van der Waals surface area contributed by atoms with E-state index in [9.17, 15) is 9.59 Å². The van der Waals surface area contributed by atoms with Crippen molar-refractivity contribution in [3.63, 3.8) is 0 Å². The molecule has 1 fully saturated rings. The van der Waals surface area contributed by atoms with Gasteiger partial charge in [0.2, 0.25) is 0 Å². The van der Waals surface area contributed by atoms with Gasteiger partial charge in [-0.2, -0.15) is 0 Å². The molecule has 0 aliphatic carbocycles. The molecule has 1 heterocycles. The number of carbonyl (C=O) groups is 2. The lowest BCUT2D eigenvalue weighted by molar-refractivity contribution is -0.122. The summed E-state index contributed by atoms with van der Waals surface area (Å²) < 4.78 is 5.28. The van der Waals surface area contributed by atoms with Crippen molar-refractivity contribution in [1.29, 1.82) is 0 Å². The Hall–Kier alpha value is -2.44. The molecule has 1 aliphatic rings. The first kappa shape index (κ1) is 19.3. The SMILES string of the molecule is COC(=O)c1ccc(/C=C2/SC(=S)N(CCCc3ccccc3)C2=O)cc1. The topological polar surface area (TPSA) is 46.6 Å². The highest BCUT2D eigenvalue weighted by Gasteiger charge is 2.31. The summed E-state index contributed by atoms with van der Waals surface area (Å²) in [5.41, 5.74) is 2.57. The number of esters is 1. The van der Waals surface area contributed by atoms with Gasteiger partial charge in [0.15, 0.2) is 0 Å². The van der Waals surface area contributed by atoms with Crippen molar-refractivity contribution < 1.29 is 14.3 Å². The monoisotopic (exact) mass is 397 g/mol. The maximum Gasteiger partial charge on any atom is 0.337 e. The number of hydrogen-bond donors (Lipinski definition) is 0. The van der Waals surface area contributed by atoms with Crippen LogP contribution in [0.4, 0.5) is 0 Å². The molecule has 1 saturated heterocycles. The van der Waals surface area contributed by atoms with Crippen LogP contribution in [0, 0.1) is 0 Å². The maximum absolute atomic E-state index is 12.7. The molecule has 6 heteroatoms. The average Bonchev–Trinajstić information content (AvgIpc) is 2.96. The molecule has 0 radical (unpaired) electrons. The molecular formula is C21H19NO3S2. The molecule has 0 spiro atoms. The first-order chi connectivity index (χ1) is 13.1. The van der Waals surface area contributed by atoms with Crippen LogP contribution >= 0.6 is 24.0 Å². The van der Waals surface area contributed by atoms with Crippen LogP contribution in [0.25, 0.3) is 6.08 Å². The van der Waals surface area contributed by atoms with Crippen LogP contribution in [-0.2, 0) is 16.0 Å². The Balaban J connectivity index is 1.62. The van der Waals surface area contributed by atoms with Crippen molar-refractivity contribution in [3.8, 4) is 0 Å². The lowest BCUT2D eigenvalue weighted by Crippen LogP contribution is -2.29. The van der Waals surface area contributed by atoms with Crippen LogP contribution in [0.15, 0.2) is 59.5 Å². The number of nitrogens with zero attached hydrogens (tertiary/aromatic N) is 1. The zero-order valence-electron chi connectivity index (χ0n) is 14.9. The number of methoxy groups -OCH3 is 1. The van der Waals surface area contributed by atoms with E-state index in [0.29, 0.717) is 21.3 Å². The van der Waals surface area contributed by atoms with Crippen molar-refractivity contribution in [2.24, 2.45) is 0 Å². The van der Waals surface area contributed by atoms with Gasteiger partial charge < -0.3 is 4.74 Å². The van der Waals surface area contributed by atoms with Gasteiger partial charge in [-0.15, -0.1) is 0 Å². The third-order valence-electron chi connectivity index (χ3n) is 4.19. The fourth-order valence-corrected chi connectivity index (χ4v) is 4.07. The van der Waals surface area contributed by atoms with Gasteiger partial charge in [-0.3, -0.25) is 9.69 Å². The van der Waals surface area contributed by atoms with E-state index in [2.05, 4.69) is 16.9 Å². The Labute approximate surface area is 168 Å². The van der Waals surface area contributed by atoms with E-state index in [-0.39, 0.29) is 11.9 Å². The van der Waals surface area contributed by atoms with E-state index in [4.69, 9.17) is 12.2 Å². The third kappa shape index (κ3) is 4.84. The van der Waals surface area contributed by atoms with Crippen LogP contribution in [0.2, 0.25) is 0 Å². The van der Waals surface area contributed by atoms with Crippen LogP contribution in [0.1, 0.15) is 27.9 Å². The molecule has 138 valence electrons. The highest BCUT2D eigenvalue weighted by atomic mass is 32.2. The minimum absolute atomic E-state index is 0.0601. The molecule has 0 unspecified atom stereocenters. The molecule has 3 rings (SSSR count). The van der Waals surface area contributed by atoms with E-state index in [0.717, 1.165) is 18.4 Å². The molecule has 0 saturated carbocycles. The van der Waals surface area contributed by atoms with E-state index in [1.807, 2.05) is 18.2 Å². The number of thioether (sulfide) groups is 1. The van der Waals surface area contributed by atoms with E-state index in [1.54, 1.807) is 35.2 Å². The smallest absolute Gasteiger partial charge is 0.337 e. The molecule has 4 nitrogen and oxygen atoms in total. The number of carbonyl (C=O) groups excluding carboxylic acids is 2. The minimum atomic E-state index is -0.383. The molecule has 2 aromatic carbocycles. The number of aryl methyl sites for hydroxylation is 1. The average molecular weight is 398 g/mol. The number of rotatable bonds is 6. The summed E-state index contributed by atoms with van der Waals surface area (Å²) in [7, 11) is 1.35. The summed E-state index contributed by atoms with van der Waals surface area (Å²) in [6, 6.07) is 17.1. The minimum Gasteiger partial charge on any atom is -0.465 e. The first-order valence-corrected chi connectivity index (χ1v) is 9.78. The van der Waals surface area contributed by atoms with Gasteiger partial charge in [0, 0.05) is 6.54 Å². The quantitative estimate of drug-likeness (QED) is 0.413. The summed E-state index contributed by atoms with van der Waals surface area (Å²) in [6.45, 7) is 0.609. The number of thiocarbonyl (C=S) groups is 1. The van der Waals surface area contributed by atoms with Gasteiger partial charge in [-0.1, -0.05) is 66.4 Å². The second kappa shape index (κ2) is 8.97. The van der Waals surface area contributed by atoms with Crippen LogP contribution < -0.4 is 0 Å². The van der Waals surface area contributed by atoms with Crippen molar-refractivity contribution >= 4 is 46.3 Å². The number of benzene rings is 2. The number of ether oxygens (including phenoxy) is 1. The van der Waals surface area contributed by atoms with Gasteiger partial charge >= 0.3 is 5.97 Å². The van der Waals surface area contributed by atoms with Crippen LogP contribution in [-0.4, -0.2) is 34.8 Å². The molecular weight excluding hydrogens is 378 g/mol. The van der Waals surface area contributed by atoms with E-state index in [1.165, 1.54) is 24.4 Å². The Morgan fingerprint density at radius 3 is 2.52 bits per heavy atom. The Kier molecular flexibility index (Phi) is 6.42. The lowest BCUT2D eigenvalue weighted by atomic mass is 10.1. The van der Waals surface area contributed by atoms with Gasteiger partial charge in [0.25, 0.3) is 5.91 Å². The van der Waals surface area contributed by atoms with E-state index >= 15 is 0 Å². The molecule has 1 amide bonds. The van der Waals surface area contributed by atoms with Crippen molar-refractivity contribution in [3.05, 3.63) is 76.2 Å². The summed E-state index contributed by atoms with van der Waals surface area (Å²) in [4.78, 5) is 26.4. The van der Waals surface area contributed by atoms with Crippen molar-refractivity contribution in [2.45, 2.75) is 12.8 Å². The highest BCUT2D eigenvalue weighted by molar-refractivity contribution is 8.26. The fraction of sp³-hybridized carbons (Fsp3) is 0.190. The highest BCUT2D eigenvalue weighted by Crippen LogP contribution is 2.32. The molecule has 1 aliphatic heterocycles. The first-order valence-electron chi connectivity index (χ1n) is 8.56. The zero-order chi connectivity index (χ0) is 19.2. The Morgan fingerprint density at radius 1 is 1.15 bits per heavy atom. The van der Waals surface area contributed by atoms with Gasteiger partial charge in [0.05, 0.1) is 17.6 Å². The van der Waals surface area contributed by atoms with Crippen LogP contribution in [0.5, 0.6) is 0 Å². The molecule has 27 heavy (non-hydrogen) atoms. The predicted molar refractivity (Wildman–Crippen MR) is 112 cm³/mol. The molecule has 0 atom stereocenters. The second-order valence-electron chi connectivity index (χ2n) is 6.04. The lowest BCUT2D eigenvalue weighted by Gasteiger charge is -2.14. The molecule has 2 aromatic rings. The van der Waals surface area contributed by atoms with Crippen LogP contribution in [0.3, 0.4) is 0 Å². The molecule has 0 N–H and O–H groups in total. The zero-order valence-corrected chi connectivity index (χ0v) is 16.5. The summed E-state index contributed by atoms with van der Waals surface area (Å²) >= 11 is 6.69. The largest absolute Gasteiger partial charge is 0.465 e. The molecule has 0 aromatic heterocycles. The number of amides is 1. The standard InChI is InChI=1S/C21H19NO3S2/c1-25-20(24)17-11-9-16(10-12-17)14-18-19(23)22(21(26)27-18)13-5-8-15-6-3-2-4-7-15/h2-4,6-7,9-12,14H,5,8,13H2,1H3/b18-14+. The molecule has 0 bridgehead atoms. The van der Waals surface area contributed by atoms with Gasteiger partial charge in [-0.25, -0.2) is 4.79 Å². The maximum atomic E-state index is 12.7. The summed E-state index contributed by atoms with van der Waals surface area (Å²) in [5, 5.41) is 0. The Morgan fingerprint density at radius 2 is 1.85 bits per heavy atom. The second-order valence-corrected chi connectivity index (χ2v) is 7.71. The summed E-state index contributed by atoms with van der Waals surface area (Å²) in [5.74, 6) is -0.443. The van der Waals surface area contributed by atoms with E-state index < -0.39 is 0 Å². The van der Waals surface area contributed by atoms with Gasteiger partial charge in [-0.05, 0) is 42.2 Å². The number of hydrogen-bond acceptors (Lipinski definition) is 5. The normalized spacial score (nSPS) is 15.4. The fourth-order valence-electron chi connectivity index (χ4n) is 2.76. The summed E-state index contributed by atoms with van der Waals surface area (Å²) in [6.07, 6.45) is 3.57. The Bertz CT molecular complexity index is 876. The van der Waals surface area contributed by atoms with Gasteiger partial charge in [0.1, 0.15) is 4.32 Å². The van der Waals surface area contributed by atoms with Crippen molar-refractivity contribution in [1.82, 2.24) is 4.90 Å². The van der Waals surface area contributed by atoms with Crippen molar-refractivity contribution in [2.75, 3.05) is 13.7 Å².